The maximum atomic E-state index is 11.9. The van der Waals surface area contributed by atoms with Gasteiger partial charge in [-0.25, -0.2) is 0 Å². The molecule has 0 bridgehead atoms. The van der Waals surface area contributed by atoms with Crippen LogP contribution in [0.5, 0.6) is 5.75 Å². The van der Waals surface area contributed by atoms with E-state index in [1.807, 2.05) is 12.1 Å². The first kappa shape index (κ1) is 12.3. The van der Waals surface area contributed by atoms with Crippen LogP contribution in [0.3, 0.4) is 0 Å². The predicted molar refractivity (Wildman–Crippen MR) is 70.6 cm³/mol. The predicted octanol–water partition coefficient (Wildman–Crippen LogP) is 2.97. The van der Waals surface area contributed by atoms with Crippen LogP contribution in [-0.2, 0) is 6.42 Å². The van der Waals surface area contributed by atoms with Gasteiger partial charge < -0.3 is 9.72 Å². The van der Waals surface area contributed by atoms with E-state index in [1.54, 1.807) is 13.2 Å². The molecule has 0 spiro atoms. The van der Waals surface area contributed by atoms with E-state index in [0.717, 1.165) is 5.39 Å². The zero-order valence-corrected chi connectivity index (χ0v) is 10.7. The molecule has 0 aliphatic rings. The number of rotatable bonds is 3. The van der Waals surface area contributed by atoms with E-state index in [-0.39, 0.29) is 5.56 Å². The highest BCUT2D eigenvalue weighted by atomic mass is 35.5. The number of pyridine rings is 1. The van der Waals surface area contributed by atoms with Crippen LogP contribution in [0.15, 0.2) is 23.0 Å². The van der Waals surface area contributed by atoms with E-state index in [4.69, 9.17) is 27.9 Å². The number of alkyl halides is 1. The van der Waals surface area contributed by atoms with Gasteiger partial charge in [-0.2, -0.15) is 0 Å². The lowest BCUT2D eigenvalue weighted by Gasteiger charge is -2.09. The monoisotopic (exact) mass is 271 g/mol. The molecule has 1 aromatic carbocycles. The number of para-hydroxylation sites is 1. The van der Waals surface area contributed by atoms with Crippen molar-refractivity contribution in [3.8, 4) is 5.75 Å². The maximum Gasteiger partial charge on any atom is 0.253 e. The topological polar surface area (TPSA) is 42.1 Å². The molecule has 0 atom stereocenters. The number of aromatic nitrogens is 1. The van der Waals surface area contributed by atoms with Gasteiger partial charge in [-0.1, -0.05) is 23.7 Å². The van der Waals surface area contributed by atoms with E-state index in [2.05, 4.69) is 4.98 Å². The van der Waals surface area contributed by atoms with E-state index >= 15 is 0 Å². The first-order chi connectivity index (χ1) is 8.19. The molecule has 90 valence electrons. The number of fused-ring (bicyclic) bond motifs is 1. The van der Waals surface area contributed by atoms with Gasteiger partial charge in [-0.05, 0) is 12.5 Å². The van der Waals surface area contributed by atoms with Crippen LogP contribution in [-0.4, -0.2) is 18.0 Å². The molecule has 17 heavy (non-hydrogen) atoms. The van der Waals surface area contributed by atoms with Gasteiger partial charge in [0.05, 0.1) is 17.6 Å². The summed E-state index contributed by atoms with van der Waals surface area (Å²) < 4.78 is 5.18. The summed E-state index contributed by atoms with van der Waals surface area (Å²) in [4.78, 5) is 14.6. The Kier molecular flexibility index (Phi) is 3.60. The number of H-pyrrole nitrogens is 1. The lowest BCUT2D eigenvalue weighted by atomic mass is 10.1. The van der Waals surface area contributed by atoms with Gasteiger partial charge in [0.15, 0.2) is 0 Å². The van der Waals surface area contributed by atoms with E-state index in [0.29, 0.717) is 34.2 Å². The molecule has 2 rings (SSSR count). The Morgan fingerprint density at radius 1 is 1.41 bits per heavy atom. The number of aromatic amines is 1. The van der Waals surface area contributed by atoms with E-state index in [1.165, 1.54) is 0 Å². The molecule has 0 radical (unpaired) electrons. The fraction of sp³-hybridized carbons (Fsp3) is 0.250. The number of methoxy groups -OCH3 is 1. The molecule has 0 saturated carbocycles. The first-order valence-electron chi connectivity index (χ1n) is 5.12. The molecule has 0 amide bonds. The molecule has 2 aromatic rings. The van der Waals surface area contributed by atoms with Gasteiger partial charge in [0.1, 0.15) is 5.75 Å². The highest BCUT2D eigenvalue weighted by Gasteiger charge is 2.12. The molecule has 0 fully saturated rings. The van der Waals surface area contributed by atoms with Crippen molar-refractivity contribution in [1.29, 1.82) is 0 Å². The molecular formula is C12H11Cl2NO2. The van der Waals surface area contributed by atoms with E-state index in [9.17, 15) is 4.79 Å². The summed E-state index contributed by atoms with van der Waals surface area (Å²) in [7, 11) is 1.55. The zero-order chi connectivity index (χ0) is 12.4. The number of nitrogens with one attached hydrogen (secondary N) is 1. The molecule has 1 heterocycles. The number of hydrogen-bond donors (Lipinski definition) is 1. The van der Waals surface area contributed by atoms with Crippen LogP contribution in [0.2, 0.25) is 5.02 Å². The Hall–Kier alpha value is -1.19. The first-order valence-corrected chi connectivity index (χ1v) is 6.03. The third-order valence-electron chi connectivity index (χ3n) is 2.60. The quantitative estimate of drug-likeness (QED) is 0.873. The highest BCUT2D eigenvalue weighted by Crippen LogP contribution is 2.29. The summed E-state index contributed by atoms with van der Waals surface area (Å²) in [5, 5.41) is 1.22. The molecule has 1 aromatic heterocycles. The van der Waals surface area contributed by atoms with Crippen molar-refractivity contribution >= 4 is 34.1 Å². The summed E-state index contributed by atoms with van der Waals surface area (Å²) in [6.07, 6.45) is 0.447. The average Bonchev–Trinajstić information content (AvgIpc) is 2.34. The van der Waals surface area contributed by atoms with Gasteiger partial charge >= 0.3 is 0 Å². The summed E-state index contributed by atoms with van der Waals surface area (Å²) >= 11 is 11.9. The standard InChI is InChI=1S/C12H11Cl2NO2/c1-17-9-4-2-3-7-10(14)8(5-6-13)12(16)15-11(7)9/h2-4H,5-6H2,1H3,(H,15,16). The maximum absolute atomic E-state index is 11.9. The molecule has 5 heteroatoms. The zero-order valence-electron chi connectivity index (χ0n) is 9.22. The van der Waals surface area contributed by atoms with Crippen molar-refractivity contribution < 1.29 is 4.74 Å². The minimum atomic E-state index is -0.215. The molecule has 1 N–H and O–H groups in total. The van der Waals surface area contributed by atoms with Crippen molar-refractivity contribution in [1.82, 2.24) is 4.98 Å². The van der Waals surface area contributed by atoms with Crippen LogP contribution < -0.4 is 10.3 Å². The van der Waals surface area contributed by atoms with Crippen molar-refractivity contribution in [2.24, 2.45) is 0 Å². The summed E-state index contributed by atoms with van der Waals surface area (Å²) in [5.41, 5.74) is 0.915. The lowest BCUT2D eigenvalue weighted by molar-refractivity contribution is 0.419. The van der Waals surface area contributed by atoms with Gasteiger partial charge in [-0.3, -0.25) is 4.79 Å². The van der Waals surface area contributed by atoms with Crippen LogP contribution >= 0.6 is 23.2 Å². The van der Waals surface area contributed by atoms with Gasteiger partial charge in [0, 0.05) is 16.8 Å². The second-order valence-electron chi connectivity index (χ2n) is 3.57. The average molecular weight is 272 g/mol. The van der Waals surface area contributed by atoms with Gasteiger partial charge in [0.2, 0.25) is 0 Å². The number of halogens is 2. The molecule has 0 aliphatic carbocycles. The fourth-order valence-electron chi connectivity index (χ4n) is 1.78. The normalized spacial score (nSPS) is 10.8. The van der Waals surface area contributed by atoms with Gasteiger partial charge in [0.25, 0.3) is 5.56 Å². The smallest absolute Gasteiger partial charge is 0.253 e. The second-order valence-corrected chi connectivity index (χ2v) is 4.32. The Labute approximate surface area is 108 Å². The molecular weight excluding hydrogens is 261 g/mol. The Bertz CT molecular complexity index is 607. The molecule has 3 nitrogen and oxygen atoms in total. The number of hydrogen-bond acceptors (Lipinski definition) is 2. The molecule has 0 aliphatic heterocycles. The van der Waals surface area contributed by atoms with Crippen LogP contribution in [0.25, 0.3) is 10.9 Å². The Morgan fingerprint density at radius 2 is 2.18 bits per heavy atom. The largest absolute Gasteiger partial charge is 0.495 e. The summed E-state index contributed by atoms with van der Waals surface area (Å²) in [6, 6.07) is 5.44. The highest BCUT2D eigenvalue weighted by molar-refractivity contribution is 6.36. The number of ether oxygens (including phenoxy) is 1. The SMILES string of the molecule is COc1cccc2c(Cl)c(CCCl)c(=O)[nH]c12. The van der Waals surface area contributed by atoms with Gasteiger partial charge in [-0.15, -0.1) is 11.6 Å². The minimum Gasteiger partial charge on any atom is -0.495 e. The lowest BCUT2D eigenvalue weighted by Crippen LogP contribution is -2.14. The van der Waals surface area contributed by atoms with E-state index < -0.39 is 0 Å². The van der Waals surface area contributed by atoms with Crippen molar-refractivity contribution in [2.45, 2.75) is 6.42 Å². The minimum absolute atomic E-state index is 0.215. The summed E-state index contributed by atoms with van der Waals surface area (Å²) in [5.74, 6) is 0.956. The third-order valence-corrected chi connectivity index (χ3v) is 3.23. The van der Waals surface area contributed by atoms with Crippen LogP contribution in [0.1, 0.15) is 5.56 Å². The molecule has 0 saturated heterocycles. The van der Waals surface area contributed by atoms with Crippen molar-refractivity contribution in [3.05, 3.63) is 39.1 Å². The Balaban J connectivity index is 2.81. The second kappa shape index (κ2) is 4.98. The fourth-order valence-corrected chi connectivity index (χ4v) is 2.31. The summed E-state index contributed by atoms with van der Waals surface area (Å²) in [6.45, 7) is 0. The Morgan fingerprint density at radius 3 is 2.82 bits per heavy atom. The molecule has 0 unspecified atom stereocenters. The number of benzene rings is 1. The van der Waals surface area contributed by atoms with Crippen LogP contribution in [0.4, 0.5) is 0 Å². The van der Waals surface area contributed by atoms with Crippen LogP contribution in [0, 0.1) is 0 Å². The van der Waals surface area contributed by atoms with Crippen molar-refractivity contribution in [2.75, 3.05) is 13.0 Å². The van der Waals surface area contributed by atoms with Crippen molar-refractivity contribution in [3.63, 3.8) is 0 Å². The third kappa shape index (κ3) is 2.13.